The van der Waals surface area contributed by atoms with Crippen LogP contribution in [0.5, 0.6) is 0 Å². The third-order valence-corrected chi connectivity index (χ3v) is 3.60. The topological polar surface area (TPSA) is 51.5 Å². The van der Waals surface area contributed by atoms with E-state index < -0.39 is 0 Å². The average molecular weight is 297 g/mol. The van der Waals surface area contributed by atoms with Gasteiger partial charge in [0, 0.05) is 25.1 Å². The number of amides is 1. The maximum absolute atomic E-state index is 12.1. The van der Waals surface area contributed by atoms with E-state index in [1.165, 1.54) is 0 Å². The van der Waals surface area contributed by atoms with Crippen LogP contribution in [0.1, 0.15) is 23.9 Å². The fraction of sp³-hybridized carbons (Fsp3) is 0.278. The van der Waals surface area contributed by atoms with Gasteiger partial charge in [-0.3, -0.25) is 4.79 Å². The zero-order valence-electron chi connectivity index (χ0n) is 12.6. The molecule has 1 aromatic heterocycles. The molecule has 0 unspecified atom stereocenters. The van der Waals surface area contributed by atoms with E-state index in [9.17, 15) is 4.79 Å². The number of carbonyl (C=O) groups is 1. The highest BCUT2D eigenvalue weighted by Gasteiger charge is 2.13. The Labute approximate surface area is 129 Å². The second-order valence-corrected chi connectivity index (χ2v) is 5.12. The molecule has 0 spiro atoms. The molecule has 22 heavy (non-hydrogen) atoms. The van der Waals surface area contributed by atoms with Gasteiger partial charge in [-0.2, -0.15) is 0 Å². The molecule has 1 N–H and O–H groups in total. The van der Waals surface area contributed by atoms with Crippen molar-refractivity contribution < 1.29 is 13.9 Å². The first kappa shape index (κ1) is 14.6. The molecule has 0 atom stereocenters. The van der Waals surface area contributed by atoms with Crippen LogP contribution in [-0.2, 0) is 4.74 Å². The summed E-state index contributed by atoms with van der Waals surface area (Å²) in [5.74, 6) is 0.166. The van der Waals surface area contributed by atoms with E-state index in [0.29, 0.717) is 25.5 Å². The molecule has 4 nitrogen and oxygen atoms in total. The molecule has 0 aliphatic carbocycles. The zero-order valence-corrected chi connectivity index (χ0v) is 12.6. The molecule has 0 saturated carbocycles. The molecule has 0 radical (unpaired) electrons. The molecule has 0 saturated heterocycles. The number of rotatable bonds is 6. The zero-order chi connectivity index (χ0) is 15.4. The molecular weight excluding hydrogens is 278 g/mol. The Morgan fingerprint density at radius 3 is 2.91 bits per heavy atom. The van der Waals surface area contributed by atoms with Gasteiger partial charge in [0.15, 0.2) is 5.76 Å². The van der Waals surface area contributed by atoms with E-state index in [2.05, 4.69) is 11.4 Å². The minimum atomic E-state index is -0.184. The fourth-order valence-corrected chi connectivity index (χ4v) is 2.51. The van der Waals surface area contributed by atoms with E-state index in [0.717, 1.165) is 28.2 Å². The monoisotopic (exact) mass is 297 g/mol. The lowest BCUT2D eigenvalue weighted by molar-refractivity contribution is 0.0919. The lowest BCUT2D eigenvalue weighted by Crippen LogP contribution is -2.24. The third-order valence-electron chi connectivity index (χ3n) is 3.60. The molecule has 3 aromatic rings. The van der Waals surface area contributed by atoms with Crippen molar-refractivity contribution in [2.75, 3.05) is 19.8 Å². The molecule has 2 aromatic carbocycles. The normalized spacial score (nSPS) is 11.1. The molecule has 0 aliphatic rings. The number of ether oxygens (including phenoxy) is 1. The van der Waals surface area contributed by atoms with Crippen LogP contribution >= 0.6 is 0 Å². The summed E-state index contributed by atoms with van der Waals surface area (Å²) < 4.78 is 10.9. The Kier molecular flexibility index (Phi) is 4.39. The van der Waals surface area contributed by atoms with Crippen molar-refractivity contribution in [2.24, 2.45) is 0 Å². The molecule has 0 fully saturated rings. The van der Waals surface area contributed by atoms with Gasteiger partial charge in [-0.05, 0) is 36.2 Å². The SMILES string of the molecule is CCOCCCNC(=O)c1cc2c(ccc3ccccc32)o1. The van der Waals surface area contributed by atoms with Crippen LogP contribution in [0.4, 0.5) is 0 Å². The van der Waals surface area contributed by atoms with E-state index in [1.807, 2.05) is 43.3 Å². The third kappa shape index (κ3) is 2.97. The fourth-order valence-electron chi connectivity index (χ4n) is 2.51. The van der Waals surface area contributed by atoms with Crippen molar-refractivity contribution >= 4 is 27.6 Å². The molecule has 114 valence electrons. The van der Waals surface area contributed by atoms with Gasteiger partial charge in [0.1, 0.15) is 5.58 Å². The van der Waals surface area contributed by atoms with E-state index in [1.54, 1.807) is 0 Å². The van der Waals surface area contributed by atoms with E-state index >= 15 is 0 Å². The molecule has 0 aliphatic heterocycles. The Morgan fingerprint density at radius 2 is 2.05 bits per heavy atom. The smallest absolute Gasteiger partial charge is 0.287 e. The average Bonchev–Trinajstić information content (AvgIpc) is 2.99. The van der Waals surface area contributed by atoms with Gasteiger partial charge >= 0.3 is 0 Å². The summed E-state index contributed by atoms with van der Waals surface area (Å²) in [6, 6.07) is 13.8. The minimum Gasteiger partial charge on any atom is -0.451 e. The summed E-state index contributed by atoms with van der Waals surface area (Å²) >= 11 is 0. The highest BCUT2D eigenvalue weighted by molar-refractivity contribution is 6.08. The number of hydrogen-bond acceptors (Lipinski definition) is 3. The summed E-state index contributed by atoms with van der Waals surface area (Å²) in [7, 11) is 0. The maximum Gasteiger partial charge on any atom is 0.287 e. The minimum absolute atomic E-state index is 0.184. The largest absolute Gasteiger partial charge is 0.451 e. The van der Waals surface area contributed by atoms with Crippen LogP contribution in [-0.4, -0.2) is 25.7 Å². The van der Waals surface area contributed by atoms with Crippen LogP contribution in [0.15, 0.2) is 46.9 Å². The summed E-state index contributed by atoms with van der Waals surface area (Å²) in [5, 5.41) is 6.06. The summed E-state index contributed by atoms with van der Waals surface area (Å²) in [6.45, 7) is 3.89. The van der Waals surface area contributed by atoms with Crippen LogP contribution in [0.3, 0.4) is 0 Å². The van der Waals surface area contributed by atoms with Crippen LogP contribution in [0, 0.1) is 0 Å². The molecule has 4 heteroatoms. The quantitative estimate of drug-likeness (QED) is 0.705. The van der Waals surface area contributed by atoms with Gasteiger partial charge in [-0.1, -0.05) is 30.3 Å². The first-order valence-electron chi connectivity index (χ1n) is 7.57. The van der Waals surface area contributed by atoms with Gasteiger partial charge < -0.3 is 14.5 Å². The standard InChI is InChI=1S/C18H19NO3/c1-2-21-11-5-10-19-18(20)17-12-15-14-7-4-3-6-13(14)8-9-16(15)22-17/h3-4,6-9,12H,2,5,10-11H2,1H3,(H,19,20). The Balaban J connectivity index is 1.77. The molecular formula is C18H19NO3. The molecule has 0 bridgehead atoms. The number of hydrogen-bond donors (Lipinski definition) is 1. The predicted octanol–water partition coefficient (Wildman–Crippen LogP) is 3.74. The second-order valence-electron chi connectivity index (χ2n) is 5.12. The number of nitrogens with one attached hydrogen (secondary N) is 1. The number of benzene rings is 2. The van der Waals surface area contributed by atoms with Crippen molar-refractivity contribution in [3.05, 3.63) is 48.2 Å². The summed E-state index contributed by atoms with van der Waals surface area (Å²) in [6.07, 6.45) is 0.794. The Hall–Kier alpha value is -2.33. The number of fused-ring (bicyclic) bond motifs is 3. The highest BCUT2D eigenvalue weighted by atomic mass is 16.5. The lowest BCUT2D eigenvalue weighted by Gasteiger charge is -2.02. The van der Waals surface area contributed by atoms with Crippen LogP contribution in [0.25, 0.3) is 21.7 Å². The van der Waals surface area contributed by atoms with Gasteiger partial charge in [0.2, 0.25) is 0 Å². The van der Waals surface area contributed by atoms with Crippen molar-refractivity contribution in [3.8, 4) is 0 Å². The Morgan fingerprint density at radius 1 is 1.18 bits per heavy atom. The van der Waals surface area contributed by atoms with Gasteiger partial charge in [-0.15, -0.1) is 0 Å². The maximum atomic E-state index is 12.1. The lowest BCUT2D eigenvalue weighted by atomic mass is 10.1. The van der Waals surface area contributed by atoms with Crippen molar-refractivity contribution in [3.63, 3.8) is 0 Å². The molecule has 1 heterocycles. The number of furan rings is 1. The summed E-state index contributed by atoms with van der Waals surface area (Å²) in [4.78, 5) is 12.1. The van der Waals surface area contributed by atoms with E-state index in [4.69, 9.17) is 9.15 Å². The van der Waals surface area contributed by atoms with Crippen molar-refractivity contribution in [2.45, 2.75) is 13.3 Å². The van der Waals surface area contributed by atoms with Gasteiger partial charge in [0.25, 0.3) is 5.91 Å². The summed E-state index contributed by atoms with van der Waals surface area (Å²) in [5.41, 5.74) is 0.734. The molecule has 1 amide bonds. The first-order valence-corrected chi connectivity index (χ1v) is 7.57. The van der Waals surface area contributed by atoms with Gasteiger partial charge in [-0.25, -0.2) is 0 Å². The predicted molar refractivity (Wildman–Crippen MR) is 87.2 cm³/mol. The van der Waals surface area contributed by atoms with Crippen LogP contribution < -0.4 is 5.32 Å². The molecule has 3 rings (SSSR count). The highest BCUT2D eigenvalue weighted by Crippen LogP contribution is 2.27. The number of carbonyl (C=O) groups excluding carboxylic acids is 1. The van der Waals surface area contributed by atoms with Crippen LogP contribution in [0.2, 0.25) is 0 Å². The van der Waals surface area contributed by atoms with Gasteiger partial charge in [0.05, 0.1) is 0 Å². The van der Waals surface area contributed by atoms with E-state index in [-0.39, 0.29) is 5.91 Å². The first-order chi connectivity index (χ1) is 10.8. The Bertz CT molecular complexity index is 791. The van der Waals surface area contributed by atoms with Crippen molar-refractivity contribution in [1.82, 2.24) is 5.32 Å². The van der Waals surface area contributed by atoms with Crippen molar-refractivity contribution in [1.29, 1.82) is 0 Å². The second kappa shape index (κ2) is 6.62.